The molecule has 2 aromatic rings. The number of nitrogens with two attached hydrogens (primary N) is 1. The summed E-state index contributed by atoms with van der Waals surface area (Å²) in [5.41, 5.74) is 7.89. The van der Waals surface area contributed by atoms with Gasteiger partial charge in [-0.15, -0.1) is 11.3 Å². The van der Waals surface area contributed by atoms with Crippen molar-refractivity contribution in [1.82, 2.24) is 9.88 Å². The molecule has 0 spiro atoms. The molecule has 1 aliphatic heterocycles. The van der Waals surface area contributed by atoms with E-state index in [2.05, 4.69) is 4.98 Å². The van der Waals surface area contributed by atoms with Gasteiger partial charge in [-0.05, 0) is 31.4 Å². The van der Waals surface area contributed by atoms with Crippen LogP contribution in [0.4, 0.5) is 5.69 Å². The number of nitrogen functional groups attached to an aromatic ring is 1. The van der Waals surface area contributed by atoms with Gasteiger partial charge in [0.2, 0.25) is 0 Å². The molecular formula is C15H19N3OS. The highest BCUT2D eigenvalue weighted by atomic mass is 32.1. The van der Waals surface area contributed by atoms with Crippen LogP contribution in [0.25, 0.3) is 10.2 Å². The number of amides is 1. The van der Waals surface area contributed by atoms with Gasteiger partial charge in [-0.25, -0.2) is 4.98 Å². The molecule has 2 N–H and O–H groups in total. The summed E-state index contributed by atoms with van der Waals surface area (Å²) in [4.78, 5) is 20.5. The normalized spacial score (nSPS) is 16.4. The van der Waals surface area contributed by atoms with Crippen LogP contribution in [0.2, 0.25) is 0 Å². The molecule has 3 heterocycles. The summed E-state index contributed by atoms with van der Waals surface area (Å²) >= 11 is 1.42. The molecular weight excluding hydrogens is 270 g/mol. The first-order valence-electron chi connectivity index (χ1n) is 7.11. The fourth-order valence-electron chi connectivity index (χ4n) is 2.78. The van der Waals surface area contributed by atoms with Gasteiger partial charge in [-0.1, -0.05) is 12.8 Å². The summed E-state index contributed by atoms with van der Waals surface area (Å²) in [5, 5.41) is 0.940. The minimum atomic E-state index is 0.0757. The molecule has 3 rings (SSSR count). The van der Waals surface area contributed by atoms with Crippen LogP contribution in [0.5, 0.6) is 0 Å². The molecule has 5 heteroatoms. The number of aryl methyl sites for hydroxylation is 1. The zero-order valence-electron chi connectivity index (χ0n) is 11.7. The monoisotopic (exact) mass is 289 g/mol. The second-order valence-corrected chi connectivity index (χ2v) is 6.36. The van der Waals surface area contributed by atoms with Crippen molar-refractivity contribution < 1.29 is 4.79 Å². The zero-order valence-corrected chi connectivity index (χ0v) is 12.5. The van der Waals surface area contributed by atoms with E-state index in [1.54, 1.807) is 6.20 Å². The molecule has 1 saturated heterocycles. The van der Waals surface area contributed by atoms with Gasteiger partial charge in [0.05, 0.1) is 5.69 Å². The topological polar surface area (TPSA) is 59.2 Å². The quantitative estimate of drug-likeness (QED) is 0.877. The van der Waals surface area contributed by atoms with Gasteiger partial charge in [0.25, 0.3) is 5.91 Å². The van der Waals surface area contributed by atoms with Gasteiger partial charge in [0.1, 0.15) is 9.71 Å². The molecule has 0 bridgehead atoms. The molecule has 1 fully saturated rings. The molecule has 0 saturated carbocycles. The predicted octanol–water partition coefficient (Wildman–Crippen LogP) is 3.20. The van der Waals surface area contributed by atoms with E-state index >= 15 is 0 Å². The summed E-state index contributed by atoms with van der Waals surface area (Å²) in [5.74, 6) is 0.0757. The van der Waals surface area contributed by atoms with E-state index in [1.807, 2.05) is 17.9 Å². The molecule has 0 radical (unpaired) electrons. The van der Waals surface area contributed by atoms with Crippen LogP contribution in [0.15, 0.2) is 12.3 Å². The Kier molecular flexibility index (Phi) is 3.61. The molecule has 4 nitrogen and oxygen atoms in total. The van der Waals surface area contributed by atoms with Gasteiger partial charge in [-0.3, -0.25) is 4.79 Å². The standard InChI is InChI=1S/C15H19N3OS/c1-10-6-7-17-14-11(10)12(16)13(20-14)15(19)18-8-4-2-3-5-9-18/h6-7H,2-5,8-9,16H2,1H3. The summed E-state index contributed by atoms with van der Waals surface area (Å²) < 4.78 is 0. The SMILES string of the molecule is Cc1ccnc2sc(C(=O)N3CCCCCC3)c(N)c12. The Morgan fingerprint density at radius 3 is 2.65 bits per heavy atom. The van der Waals surface area contributed by atoms with Crippen molar-refractivity contribution in [3.8, 4) is 0 Å². The number of fused-ring (bicyclic) bond motifs is 1. The third-order valence-corrected chi connectivity index (χ3v) is 5.03. The van der Waals surface area contributed by atoms with E-state index in [1.165, 1.54) is 24.2 Å². The number of aromatic nitrogens is 1. The van der Waals surface area contributed by atoms with Crippen molar-refractivity contribution >= 4 is 33.1 Å². The van der Waals surface area contributed by atoms with E-state index < -0.39 is 0 Å². The Labute approximate surface area is 122 Å². The average Bonchev–Trinajstić information content (AvgIpc) is 2.65. The largest absolute Gasteiger partial charge is 0.397 e. The van der Waals surface area contributed by atoms with Gasteiger partial charge in [-0.2, -0.15) is 0 Å². The lowest BCUT2D eigenvalue weighted by atomic mass is 10.1. The molecule has 0 aliphatic carbocycles. The number of hydrogen-bond donors (Lipinski definition) is 1. The molecule has 20 heavy (non-hydrogen) atoms. The molecule has 0 aromatic carbocycles. The Morgan fingerprint density at radius 2 is 2.00 bits per heavy atom. The van der Waals surface area contributed by atoms with Crippen molar-refractivity contribution in [2.24, 2.45) is 0 Å². The van der Waals surface area contributed by atoms with E-state index in [0.717, 1.165) is 41.7 Å². The molecule has 106 valence electrons. The number of hydrogen-bond acceptors (Lipinski definition) is 4. The minimum Gasteiger partial charge on any atom is -0.397 e. The first kappa shape index (κ1) is 13.4. The van der Waals surface area contributed by atoms with Crippen molar-refractivity contribution in [1.29, 1.82) is 0 Å². The average molecular weight is 289 g/mol. The Balaban J connectivity index is 1.99. The second-order valence-electron chi connectivity index (χ2n) is 5.36. The van der Waals surface area contributed by atoms with Gasteiger partial charge < -0.3 is 10.6 Å². The number of rotatable bonds is 1. The molecule has 0 unspecified atom stereocenters. The number of anilines is 1. The van der Waals surface area contributed by atoms with Crippen molar-refractivity contribution in [2.75, 3.05) is 18.8 Å². The number of thiophene rings is 1. The zero-order chi connectivity index (χ0) is 14.1. The highest BCUT2D eigenvalue weighted by Gasteiger charge is 2.23. The van der Waals surface area contributed by atoms with Crippen molar-refractivity contribution in [3.05, 3.63) is 22.7 Å². The fourth-order valence-corrected chi connectivity index (χ4v) is 3.89. The minimum absolute atomic E-state index is 0.0757. The van der Waals surface area contributed by atoms with Crippen LogP contribution in [0, 0.1) is 6.92 Å². The summed E-state index contributed by atoms with van der Waals surface area (Å²) in [6.07, 6.45) is 6.38. The van der Waals surface area contributed by atoms with Gasteiger partial charge in [0.15, 0.2) is 0 Å². The summed E-state index contributed by atoms with van der Waals surface area (Å²) in [6.45, 7) is 3.70. The highest BCUT2D eigenvalue weighted by Crippen LogP contribution is 2.35. The van der Waals surface area contributed by atoms with Crippen LogP contribution >= 0.6 is 11.3 Å². The van der Waals surface area contributed by atoms with E-state index in [9.17, 15) is 4.79 Å². The lowest BCUT2D eigenvalue weighted by Gasteiger charge is -2.19. The van der Waals surface area contributed by atoms with Crippen LogP contribution in [-0.2, 0) is 0 Å². The first-order chi connectivity index (χ1) is 9.68. The third-order valence-electron chi connectivity index (χ3n) is 3.92. The molecule has 1 aliphatic rings. The van der Waals surface area contributed by atoms with Gasteiger partial charge >= 0.3 is 0 Å². The Bertz CT molecular complexity index is 642. The second kappa shape index (κ2) is 5.40. The number of carbonyl (C=O) groups excluding carboxylic acids is 1. The number of likely N-dealkylation sites (tertiary alicyclic amines) is 1. The molecule has 1 amide bonds. The Morgan fingerprint density at radius 1 is 1.30 bits per heavy atom. The number of pyridine rings is 1. The molecule has 0 atom stereocenters. The predicted molar refractivity (Wildman–Crippen MR) is 83.1 cm³/mol. The van der Waals surface area contributed by atoms with Gasteiger partial charge in [0, 0.05) is 24.7 Å². The van der Waals surface area contributed by atoms with Crippen molar-refractivity contribution in [2.45, 2.75) is 32.6 Å². The van der Waals surface area contributed by atoms with Crippen LogP contribution in [-0.4, -0.2) is 28.9 Å². The maximum atomic E-state index is 12.7. The highest BCUT2D eigenvalue weighted by molar-refractivity contribution is 7.21. The maximum Gasteiger partial charge on any atom is 0.266 e. The smallest absolute Gasteiger partial charge is 0.266 e. The Hall–Kier alpha value is -1.62. The van der Waals surface area contributed by atoms with Crippen LogP contribution in [0.1, 0.15) is 40.9 Å². The van der Waals surface area contributed by atoms with E-state index in [0.29, 0.717) is 10.6 Å². The van der Waals surface area contributed by atoms with Crippen LogP contribution in [0.3, 0.4) is 0 Å². The third kappa shape index (κ3) is 2.26. The lowest BCUT2D eigenvalue weighted by molar-refractivity contribution is 0.0767. The number of carbonyl (C=O) groups is 1. The van der Waals surface area contributed by atoms with E-state index in [4.69, 9.17) is 5.73 Å². The summed E-state index contributed by atoms with van der Waals surface area (Å²) in [7, 11) is 0. The van der Waals surface area contributed by atoms with Crippen LogP contribution < -0.4 is 5.73 Å². The number of nitrogens with zero attached hydrogens (tertiary/aromatic N) is 2. The summed E-state index contributed by atoms with van der Waals surface area (Å²) in [6, 6.07) is 1.94. The molecule has 2 aromatic heterocycles. The maximum absolute atomic E-state index is 12.7. The van der Waals surface area contributed by atoms with E-state index in [-0.39, 0.29) is 5.91 Å². The lowest BCUT2D eigenvalue weighted by Crippen LogP contribution is -2.31. The fraction of sp³-hybridized carbons (Fsp3) is 0.467. The van der Waals surface area contributed by atoms with Crippen molar-refractivity contribution in [3.63, 3.8) is 0 Å². The first-order valence-corrected chi connectivity index (χ1v) is 7.93.